The van der Waals surface area contributed by atoms with Crippen LogP contribution in [0.3, 0.4) is 0 Å². The fourth-order valence-electron chi connectivity index (χ4n) is 2.42. The number of hydrogen-bond acceptors (Lipinski definition) is 4. The number of aromatic nitrogens is 2. The van der Waals surface area contributed by atoms with Gasteiger partial charge in [-0.2, -0.15) is 4.98 Å². The minimum absolute atomic E-state index is 0.0580. The highest BCUT2D eigenvalue weighted by molar-refractivity contribution is 5.92. The lowest BCUT2D eigenvalue weighted by Gasteiger charge is -2.28. The third-order valence-electron chi connectivity index (χ3n) is 3.49. The van der Waals surface area contributed by atoms with Gasteiger partial charge in [-0.15, -0.1) is 0 Å². The van der Waals surface area contributed by atoms with E-state index >= 15 is 0 Å². The summed E-state index contributed by atoms with van der Waals surface area (Å²) in [5, 5.41) is 7.35. The molecule has 98 valence electrons. The van der Waals surface area contributed by atoms with Gasteiger partial charge < -0.3 is 10.5 Å². The van der Waals surface area contributed by atoms with Crippen molar-refractivity contribution in [1.29, 1.82) is 5.41 Å². The number of nitrogen functional groups attached to an aromatic ring is 1. The van der Waals surface area contributed by atoms with E-state index in [0.717, 1.165) is 18.8 Å². The molecule has 18 heavy (non-hydrogen) atoms. The van der Waals surface area contributed by atoms with E-state index < -0.39 is 0 Å². The van der Waals surface area contributed by atoms with Crippen molar-refractivity contribution in [3.8, 4) is 6.01 Å². The summed E-state index contributed by atoms with van der Waals surface area (Å²) in [4.78, 5) is 8.22. The van der Waals surface area contributed by atoms with Crippen LogP contribution in [-0.2, 0) is 0 Å². The second-order valence-corrected chi connectivity index (χ2v) is 4.82. The smallest absolute Gasteiger partial charge is 0.317 e. The molecular formula is C13H20N4O. The summed E-state index contributed by atoms with van der Waals surface area (Å²) in [5.41, 5.74) is 5.82. The van der Waals surface area contributed by atoms with Crippen molar-refractivity contribution in [2.45, 2.75) is 45.1 Å². The van der Waals surface area contributed by atoms with Crippen LogP contribution in [0.4, 0.5) is 0 Å². The second kappa shape index (κ2) is 5.80. The highest BCUT2D eigenvalue weighted by atomic mass is 16.5. The van der Waals surface area contributed by atoms with Crippen LogP contribution in [0.15, 0.2) is 12.3 Å². The molecule has 2 rings (SSSR count). The molecule has 0 saturated heterocycles. The average Bonchev–Trinajstić information content (AvgIpc) is 2.39. The lowest BCUT2D eigenvalue weighted by molar-refractivity contribution is 0.111. The maximum Gasteiger partial charge on any atom is 0.317 e. The third-order valence-corrected chi connectivity index (χ3v) is 3.49. The minimum atomic E-state index is -0.0580. The van der Waals surface area contributed by atoms with Crippen LogP contribution in [0.25, 0.3) is 0 Å². The molecule has 1 aromatic heterocycles. The summed E-state index contributed by atoms with van der Waals surface area (Å²) in [5.74, 6) is 0.692. The number of nitrogens with zero attached hydrogens (tertiary/aromatic N) is 2. The predicted octanol–water partition coefficient (Wildman–Crippen LogP) is 2.11. The molecule has 0 aliphatic heterocycles. The Bertz CT molecular complexity index is 421. The zero-order valence-corrected chi connectivity index (χ0v) is 10.7. The van der Waals surface area contributed by atoms with Gasteiger partial charge in [-0.25, -0.2) is 4.98 Å². The molecule has 5 heteroatoms. The fourth-order valence-corrected chi connectivity index (χ4v) is 2.42. The van der Waals surface area contributed by atoms with E-state index in [1.54, 1.807) is 12.3 Å². The van der Waals surface area contributed by atoms with Crippen LogP contribution < -0.4 is 10.5 Å². The normalized spacial score (nSPS) is 23.6. The molecule has 0 bridgehead atoms. The Morgan fingerprint density at radius 3 is 3.11 bits per heavy atom. The lowest BCUT2D eigenvalue weighted by atomic mass is 9.86. The summed E-state index contributed by atoms with van der Waals surface area (Å²) < 4.78 is 5.80. The minimum Gasteiger partial charge on any atom is -0.460 e. The molecule has 1 fully saturated rings. The molecule has 3 N–H and O–H groups in total. The zero-order valence-electron chi connectivity index (χ0n) is 10.7. The molecule has 0 radical (unpaired) electrons. The van der Waals surface area contributed by atoms with Gasteiger partial charge in [0.15, 0.2) is 0 Å². The van der Waals surface area contributed by atoms with Crippen molar-refractivity contribution in [3.63, 3.8) is 0 Å². The van der Waals surface area contributed by atoms with Gasteiger partial charge in [0.25, 0.3) is 0 Å². The van der Waals surface area contributed by atoms with E-state index in [9.17, 15) is 0 Å². The average molecular weight is 248 g/mol. The maximum absolute atomic E-state index is 7.35. The van der Waals surface area contributed by atoms with Gasteiger partial charge in [0.05, 0.1) is 0 Å². The van der Waals surface area contributed by atoms with Crippen LogP contribution in [-0.4, -0.2) is 21.9 Å². The van der Waals surface area contributed by atoms with Crippen LogP contribution in [0.2, 0.25) is 0 Å². The molecule has 1 saturated carbocycles. The highest BCUT2D eigenvalue weighted by Crippen LogP contribution is 2.28. The van der Waals surface area contributed by atoms with Crippen molar-refractivity contribution in [2.75, 3.05) is 0 Å². The molecule has 2 atom stereocenters. The van der Waals surface area contributed by atoms with Crippen molar-refractivity contribution < 1.29 is 4.74 Å². The Hall–Kier alpha value is -1.65. The molecule has 5 nitrogen and oxygen atoms in total. The van der Waals surface area contributed by atoms with Gasteiger partial charge in [-0.3, -0.25) is 5.41 Å². The topological polar surface area (TPSA) is 84.9 Å². The molecule has 0 aromatic carbocycles. The maximum atomic E-state index is 7.35. The first-order valence-corrected chi connectivity index (χ1v) is 6.53. The Morgan fingerprint density at radius 2 is 2.39 bits per heavy atom. The first-order chi connectivity index (χ1) is 8.69. The Balaban J connectivity index is 2.00. The summed E-state index contributed by atoms with van der Waals surface area (Å²) in [6, 6.07) is 1.95. The summed E-state index contributed by atoms with van der Waals surface area (Å²) in [6.07, 6.45) is 7.62. The number of nitrogens with one attached hydrogen (secondary N) is 1. The first kappa shape index (κ1) is 12.8. The fraction of sp³-hybridized carbons (Fsp3) is 0.615. The van der Waals surface area contributed by atoms with Gasteiger partial charge in [0.2, 0.25) is 0 Å². The first-order valence-electron chi connectivity index (χ1n) is 6.53. The number of hydrogen-bond donors (Lipinski definition) is 2. The van der Waals surface area contributed by atoms with E-state index in [4.69, 9.17) is 15.9 Å². The monoisotopic (exact) mass is 248 g/mol. The number of rotatable bonds is 4. The quantitative estimate of drug-likeness (QED) is 0.631. The van der Waals surface area contributed by atoms with Gasteiger partial charge >= 0.3 is 6.01 Å². The second-order valence-electron chi connectivity index (χ2n) is 4.82. The Labute approximate surface area is 107 Å². The molecule has 1 aliphatic rings. The number of nitrogens with two attached hydrogens (primary N) is 1. The molecule has 2 unspecified atom stereocenters. The summed E-state index contributed by atoms with van der Waals surface area (Å²) in [6.45, 7) is 2.22. The van der Waals surface area contributed by atoms with Crippen molar-refractivity contribution in [2.24, 2.45) is 11.7 Å². The van der Waals surface area contributed by atoms with Gasteiger partial charge in [-0.05, 0) is 31.2 Å². The molecule has 1 heterocycles. The van der Waals surface area contributed by atoms with Crippen LogP contribution >= 0.6 is 0 Å². The Morgan fingerprint density at radius 1 is 1.56 bits per heavy atom. The van der Waals surface area contributed by atoms with Crippen molar-refractivity contribution >= 4 is 5.84 Å². The van der Waals surface area contributed by atoms with E-state index in [1.165, 1.54) is 19.3 Å². The van der Waals surface area contributed by atoms with E-state index in [1.807, 2.05) is 0 Å². The van der Waals surface area contributed by atoms with E-state index in [-0.39, 0.29) is 11.9 Å². The molecule has 1 aromatic rings. The predicted molar refractivity (Wildman–Crippen MR) is 69.7 cm³/mol. The van der Waals surface area contributed by atoms with Gasteiger partial charge in [0, 0.05) is 6.20 Å². The van der Waals surface area contributed by atoms with Crippen LogP contribution in [0, 0.1) is 11.3 Å². The lowest BCUT2D eigenvalue weighted by Crippen LogP contribution is -2.26. The van der Waals surface area contributed by atoms with Gasteiger partial charge in [0.1, 0.15) is 17.6 Å². The molecule has 1 aliphatic carbocycles. The Kier molecular flexibility index (Phi) is 4.12. The highest BCUT2D eigenvalue weighted by Gasteiger charge is 2.22. The largest absolute Gasteiger partial charge is 0.460 e. The standard InChI is InChI=1S/C13H20N4O/c1-2-9-4-3-5-10(8-9)18-13-16-7-6-11(17-13)12(14)15/h6-7,9-10H,2-5,8H2,1H3,(H3,14,15). The summed E-state index contributed by atoms with van der Waals surface area (Å²) >= 11 is 0. The summed E-state index contributed by atoms with van der Waals surface area (Å²) in [7, 11) is 0. The van der Waals surface area contributed by atoms with Crippen molar-refractivity contribution in [1.82, 2.24) is 9.97 Å². The molecule has 0 amide bonds. The zero-order chi connectivity index (χ0) is 13.0. The van der Waals surface area contributed by atoms with E-state index in [0.29, 0.717) is 11.7 Å². The van der Waals surface area contributed by atoms with E-state index in [2.05, 4.69) is 16.9 Å². The van der Waals surface area contributed by atoms with Crippen LogP contribution in [0.1, 0.15) is 44.7 Å². The van der Waals surface area contributed by atoms with Crippen molar-refractivity contribution in [3.05, 3.63) is 18.0 Å². The van der Waals surface area contributed by atoms with Crippen LogP contribution in [0.5, 0.6) is 6.01 Å². The third kappa shape index (κ3) is 3.18. The molecule has 0 spiro atoms. The number of amidine groups is 1. The SMILES string of the molecule is CCC1CCCC(Oc2nccc(C(=N)N)n2)C1. The van der Waals surface area contributed by atoms with Gasteiger partial charge in [-0.1, -0.05) is 19.8 Å². The number of ether oxygens (including phenoxy) is 1. The molecular weight excluding hydrogens is 228 g/mol.